The van der Waals surface area contributed by atoms with E-state index >= 15 is 0 Å². The second kappa shape index (κ2) is 3.29. The van der Waals surface area contributed by atoms with E-state index in [2.05, 4.69) is 0 Å². The number of carbonyl (C=O) groups is 2. The molecule has 0 aliphatic carbocycles. The second-order valence-corrected chi connectivity index (χ2v) is 1.25. The summed E-state index contributed by atoms with van der Waals surface area (Å²) in [4.78, 5) is 19.1. The van der Waals surface area contributed by atoms with Crippen LogP contribution in [-0.2, 0) is 9.59 Å². The molecule has 0 fully saturated rings. The predicted octanol–water partition coefficient (Wildman–Crippen LogP) is -1.89. The maximum absolute atomic E-state index is 9.54. The molecule has 0 bridgehead atoms. The Morgan fingerprint density at radius 1 is 1.00 bits per heavy atom. The van der Waals surface area contributed by atoms with Crippen LogP contribution >= 0.6 is 0 Å². The van der Waals surface area contributed by atoms with Crippen LogP contribution in [-0.4, -0.2) is 35.0 Å². The zero-order valence-electron chi connectivity index (χ0n) is 4.02. The SMILES string of the molecule is O=C[C@@H](O)[C@@H](O)C=O. The number of hydrogen-bond donors (Lipinski definition) is 2. The van der Waals surface area contributed by atoms with Crippen LogP contribution in [0, 0.1) is 0 Å². The molecule has 0 heterocycles. The Hall–Kier alpha value is -0.740. The highest BCUT2D eigenvalue weighted by molar-refractivity contribution is 5.67. The van der Waals surface area contributed by atoms with Gasteiger partial charge in [0.15, 0.2) is 12.6 Å². The van der Waals surface area contributed by atoms with Crippen molar-refractivity contribution >= 4 is 12.6 Å². The predicted molar refractivity (Wildman–Crippen MR) is 24.1 cm³/mol. The number of aldehydes is 2. The number of aliphatic hydroxyl groups is 2. The molecule has 0 aromatic rings. The maximum Gasteiger partial charge on any atom is 0.151 e. The Labute approximate surface area is 45.7 Å². The molecule has 46 valence electrons. The van der Waals surface area contributed by atoms with Gasteiger partial charge in [-0.25, -0.2) is 0 Å². The fourth-order valence-electron chi connectivity index (χ4n) is 0.161. The summed E-state index contributed by atoms with van der Waals surface area (Å²) in [6.45, 7) is 0. The molecule has 0 radical (unpaired) electrons. The fourth-order valence-corrected chi connectivity index (χ4v) is 0.161. The molecule has 0 spiro atoms. The van der Waals surface area contributed by atoms with Crippen LogP contribution in [0.15, 0.2) is 0 Å². The molecule has 8 heavy (non-hydrogen) atoms. The van der Waals surface area contributed by atoms with Gasteiger partial charge in [-0.15, -0.1) is 0 Å². The van der Waals surface area contributed by atoms with E-state index in [1.165, 1.54) is 0 Å². The van der Waals surface area contributed by atoms with Gasteiger partial charge in [0.25, 0.3) is 0 Å². The molecule has 2 atom stereocenters. The largest absolute Gasteiger partial charge is 0.382 e. The molecule has 0 aliphatic heterocycles. The summed E-state index contributed by atoms with van der Waals surface area (Å²) in [6.07, 6.45) is -2.96. The van der Waals surface area contributed by atoms with Crippen molar-refractivity contribution in [2.24, 2.45) is 0 Å². The fraction of sp³-hybridized carbons (Fsp3) is 0.500. The first kappa shape index (κ1) is 7.26. The number of carbonyl (C=O) groups excluding carboxylic acids is 2. The Balaban J connectivity index is 3.60. The van der Waals surface area contributed by atoms with Gasteiger partial charge in [0.05, 0.1) is 0 Å². The van der Waals surface area contributed by atoms with Crippen LogP contribution in [0.3, 0.4) is 0 Å². The summed E-state index contributed by atoms with van der Waals surface area (Å²) in [7, 11) is 0. The van der Waals surface area contributed by atoms with Gasteiger partial charge in [-0.3, -0.25) is 0 Å². The highest BCUT2D eigenvalue weighted by Crippen LogP contribution is 1.82. The Morgan fingerprint density at radius 3 is 1.38 bits per heavy atom. The minimum absolute atomic E-state index is 0.0963. The lowest BCUT2D eigenvalue weighted by molar-refractivity contribution is -0.129. The van der Waals surface area contributed by atoms with E-state index in [0.717, 1.165) is 0 Å². The minimum Gasteiger partial charge on any atom is -0.382 e. The normalized spacial score (nSPS) is 16.8. The molecule has 0 unspecified atom stereocenters. The van der Waals surface area contributed by atoms with Gasteiger partial charge in [0.1, 0.15) is 12.2 Å². The van der Waals surface area contributed by atoms with Crippen molar-refractivity contribution in [2.75, 3.05) is 0 Å². The minimum atomic E-state index is -1.58. The summed E-state index contributed by atoms with van der Waals surface area (Å²) >= 11 is 0. The first-order valence-electron chi connectivity index (χ1n) is 1.99. The third-order valence-corrected chi connectivity index (χ3v) is 0.629. The van der Waals surface area contributed by atoms with Gasteiger partial charge in [-0.05, 0) is 0 Å². The molecule has 0 aromatic heterocycles. The van der Waals surface area contributed by atoms with E-state index in [0.29, 0.717) is 0 Å². The average Bonchev–Trinajstić information content (AvgIpc) is 1.84. The Morgan fingerprint density at radius 2 is 1.25 bits per heavy atom. The lowest BCUT2D eigenvalue weighted by Crippen LogP contribution is -2.27. The number of aliphatic hydroxyl groups excluding tert-OH is 2. The molecule has 2 N–H and O–H groups in total. The molecular formula is C4H6O4. The Kier molecular flexibility index (Phi) is 2.98. The second-order valence-electron chi connectivity index (χ2n) is 1.25. The summed E-state index contributed by atoms with van der Waals surface area (Å²) in [5.41, 5.74) is 0. The van der Waals surface area contributed by atoms with E-state index in [9.17, 15) is 9.59 Å². The molecule has 0 aliphatic rings. The molecule has 0 saturated heterocycles. The summed E-state index contributed by atoms with van der Waals surface area (Å²) in [5, 5.41) is 16.6. The third-order valence-electron chi connectivity index (χ3n) is 0.629. The van der Waals surface area contributed by atoms with Crippen molar-refractivity contribution in [3.05, 3.63) is 0 Å². The molecule has 0 aromatic carbocycles. The lowest BCUT2D eigenvalue weighted by Gasteiger charge is -2.01. The quantitative estimate of drug-likeness (QED) is 0.425. The summed E-state index contributed by atoms with van der Waals surface area (Å²) in [6, 6.07) is 0. The van der Waals surface area contributed by atoms with Crippen molar-refractivity contribution in [2.45, 2.75) is 12.2 Å². The van der Waals surface area contributed by atoms with Crippen LogP contribution < -0.4 is 0 Å². The lowest BCUT2D eigenvalue weighted by atomic mass is 10.2. The molecule has 4 heteroatoms. The smallest absolute Gasteiger partial charge is 0.151 e. The van der Waals surface area contributed by atoms with Crippen molar-refractivity contribution in [3.8, 4) is 0 Å². The zero-order valence-corrected chi connectivity index (χ0v) is 4.02. The molecular weight excluding hydrogens is 112 g/mol. The first-order valence-corrected chi connectivity index (χ1v) is 1.99. The van der Waals surface area contributed by atoms with E-state index in [4.69, 9.17) is 10.2 Å². The third kappa shape index (κ3) is 1.81. The molecule has 4 nitrogen and oxygen atoms in total. The van der Waals surface area contributed by atoms with Gasteiger partial charge in [0, 0.05) is 0 Å². The highest BCUT2D eigenvalue weighted by Gasteiger charge is 2.12. The first-order chi connectivity index (χ1) is 3.72. The Bertz CT molecular complexity index is 78.0. The van der Waals surface area contributed by atoms with Crippen LogP contribution in [0.1, 0.15) is 0 Å². The van der Waals surface area contributed by atoms with Gasteiger partial charge in [-0.2, -0.15) is 0 Å². The van der Waals surface area contributed by atoms with E-state index in [-0.39, 0.29) is 12.6 Å². The monoisotopic (exact) mass is 118 g/mol. The van der Waals surface area contributed by atoms with E-state index in [1.54, 1.807) is 0 Å². The van der Waals surface area contributed by atoms with Gasteiger partial charge in [0.2, 0.25) is 0 Å². The maximum atomic E-state index is 9.54. The van der Waals surface area contributed by atoms with Crippen LogP contribution in [0.5, 0.6) is 0 Å². The van der Waals surface area contributed by atoms with Gasteiger partial charge in [-0.1, -0.05) is 0 Å². The standard InChI is InChI=1S/C4H6O4/c5-1-3(7)4(8)2-6/h1-4,7-8H/t3-,4+. The summed E-state index contributed by atoms with van der Waals surface area (Å²) in [5.74, 6) is 0. The van der Waals surface area contributed by atoms with E-state index < -0.39 is 12.2 Å². The highest BCUT2D eigenvalue weighted by atomic mass is 16.3. The molecule has 0 rings (SSSR count). The zero-order chi connectivity index (χ0) is 6.57. The number of rotatable bonds is 3. The number of hydrogen-bond acceptors (Lipinski definition) is 4. The molecule has 0 saturated carbocycles. The average molecular weight is 118 g/mol. The van der Waals surface area contributed by atoms with Crippen LogP contribution in [0.2, 0.25) is 0 Å². The van der Waals surface area contributed by atoms with Gasteiger partial charge < -0.3 is 19.8 Å². The van der Waals surface area contributed by atoms with Crippen molar-refractivity contribution in [3.63, 3.8) is 0 Å². The van der Waals surface area contributed by atoms with Crippen molar-refractivity contribution in [1.29, 1.82) is 0 Å². The van der Waals surface area contributed by atoms with E-state index in [1.807, 2.05) is 0 Å². The van der Waals surface area contributed by atoms with Crippen molar-refractivity contribution in [1.82, 2.24) is 0 Å². The van der Waals surface area contributed by atoms with Crippen LogP contribution in [0.25, 0.3) is 0 Å². The van der Waals surface area contributed by atoms with Gasteiger partial charge >= 0.3 is 0 Å². The molecule has 0 amide bonds. The summed E-state index contributed by atoms with van der Waals surface area (Å²) < 4.78 is 0. The van der Waals surface area contributed by atoms with Crippen LogP contribution in [0.4, 0.5) is 0 Å². The van der Waals surface area contributed by atoms with Crippen molar-refractivity contribution < 1.29 is 19.8 Å². The topological polar surface area (TPSA) is 74.6 Å².